The molecule has 1 amide bonds. The van der Waals surface area contributed by atoms with E-state index in [1.807, 2.05) is 19.1 Å². The van der Waals surface area contributed by atoms with Crippen LogP contribution in [0.15, 0.2) is 18.2 Å². The van der Waals surface area contributed by atoms with Crippen molar-refractivity contribution in [3.8, 4) is 11.5 Å². The molecule has 0 bridgehead atoms. The van der Waals surface area contributed by atoms with Gasteiger partial charge in [-0.2, -0.15) is 0 Å². The van der Waals surface area contributed by atoms with Gasteiger partial charge in [0.15, 0.2) is 11.5 Å². The second kappa shape index (κ2) is 6.61. The lowest BCUT2D eigenvalue weighted by Crippen LogP contribution is -2.27. The van der Waals surface area contributed by atoms with Crippen LogP contribution in [0, 0.1) is 11.8 Å². The molecule has 1 aliphatic rings. The third kappa shape index (κ3) is 3.22. The van der Waals surface area contributed by atoms with Crippen molar-refractivity contribution >= 4 is 11.6 Å². The summed E-state index contributed by atoms with van der Waals surface area (Å²) in [6.45, 7) is 6.21. The summed E-state index contributed by atoms with van der Waals surface area (Å²) in [6.07, 6.45) is 0. The zero-order chi connectivity index (χ0) is 14.5. The zero-order valence-corrected chi connectivity index (χ0v) is 12.2. The van der Waals surface area contributed by atoms with Crippen LogP contribution < -0.4 is 20.1 Å². The fourth-order valence-electron chi connectivity index (χ4n) is 2.42. The van der Waals surface area contributed by atoms with Crippen molar-refractivity contribution in [2.24, 2.45) is 11.8 Å². The van der Waals surface area contributed by atoms with Gasteiger partial charge in [-0.1, -0.05) is 6.92 Å². The Morgan fingerprint density at radius 1 is 1.40 bits per heavy atom. The van der Waals surface area contributed by atoms with E-state index in [0.717, 1.165) is 18.8 Å². The molecule has 5 nitrogen and oxygen atoms in total. The fourth-order valence-corrected chi connectivity index (χ4v) is 2.42. The summed E-state index contributed by atoms with van der Waals surface area (Å²) < 4.78 is 10.7. The lowest BCUT2D eigenvalue weighted by Gasteiger charge is -2.15. The van der Waals surface area contributed by atoms with Gasteiger partial charge in [-0.3, -0.25) is 4.79 Å². The first-order chi connectivity index (χ1) is 9.65. The Hall–Kier alpha value is -1.75. The Balaban J connectivity index is 2.07. The number of ether oxygens (including phenoxy) is 2. The van der Waals surface area contributed by atoms with E-state index in [9.17, 15) is 4.79 Å². The first-order valence-electron chi connectivity index (χ1n) is 6.98. The fraction of sp³-hybridized carbons (Fsp3) is 0.533. The minimum atomic E-state index is 0.0209. The minimum absolute atomic E-state index is 0.0209. The van der Waals surface area contributed by atoms with Gasteiger partial charge in [0.25, 0.3) is 0 Å². The SMILES string of the molecule is CCOc1ccc(NC(=O)[C@@H]2CNC[C@H]2C)cc1OC. The summed E-state index contributed by atoms with van der Waals surface area (Å²) in [7, 11) is 1.59. The van der Waals surface area contributed by atoms with Crippen LogP contribution >= 0.6 is 0 Å². The molecule has 0 unspecified atom stereocenters. The number of rotatable bonds is 5. The maximum absolute atomic E-state index is 12.2. The normalized spacial score (nSPS) is 21.6. The molecule has 0 spiro atoms. The van der Waals surface area contributed by atoms with Gasteiger partial charge < -0.3 is 20.1 Å². The van der Waals surface area contributed by atoms with Gasteiger partial charge >= 0.3 is 0 Å². The Morgan fingerprint density at radius 3 is 2.80 bits per heavy atom. The van der Waals surface area contributed by atoms with Gasteiger partial charge in [0.1, 0.15) is 0 Å². The van der Waals surface area contributed by atoms with E-state index < -0.39 is 0 Å². The number of hydrogen-bond donors (Lipinski definition) is 2. The van der Waals surface area contributed by atoms with E-state index in [4.69, 9.17) is 9.47 Å². The molecule has 2 atom stereocenters. The first kappa shape index (κ1) is 14.7. The molecule has 0 aromatic heterocycles. The zero-order valence-electron chi connectivity index (χ0n) is 12.2. The van der Waals surface area contributed by atoms with Crippen molar-refractivity contribution in [1.82, 2.24) is 5.32 Å². The molecule has 0 radical (unpaired) electrons. The predicted molar refractivity (Wildman–Crippen MR) is 78.3 cm³/mol. The topological polar surface area (TPSA) is 59.6 Å². The van der Waals surface area contributed by atoms with Crippen LogP contribution in [0.4, 0.5) is 5.69 Å². The number of nitrogens with one attached hydrogen (secondary N) is 2. The average molecular weight is 278 g/mol. The molecule has 1 aromatic rings. The van der Waals surface area contributed by atoms with Crippen LogP contribution in [0.3, 0.4) is 0 Å². The molecule has 0 aliphatic carbocycles. The number of amides is 1. The summed E-state index contributed by atoms with van der Waals surface area (Å²) in [6, 6.07) is 5.43. The molecule has 110 valence electrons. The lowest BCUT2D eigenvalue weighted by atomic mass is 9.97. The van der Waals surface area contributed by atoms with Crippen LogP contribution in [-0.2, 0) is 4.79 Å². The van der Waals surface area contributed by atoms with E-state index in [-0.39, 0.29) is 11.8 Å². The molecule has 1 aromatic carbocycles. The average Bonchev–Trinajstić information content (AvgIpc) is 2.87. The number of methoxy groups -OCH3 is 1. The second-order valence-electron chi connectivity index (χ2n) is 5.03. The van der Waals surface area contributed by atoms with Gasteiger partial charge in [0.05, 0.1) is 19.6 Å². The number of hydrogen-bond acceptors (Lipinski definition) is 4. The molecule has 1 saturated heterocycles. The maximum Gasteiger partial charge on any atom is 0.229 e. The number of carbonyl (C=O) groups is 1. The van der Waals surface area contributed by atoms with Crippen LogP contribution in [0.1, 0.15) is 13.8 Å². The van der Waals surface area contributed by atoms with Crippen molar-refractivity contribution in [2.75, 3.05) is 32.1 Å². The smallest absolute Gasteiger partial charge is 0.229 e. The number of anilines is 1. The highest BCUT2D eigenvalue weighted by Crippen LogP contribution is 2.30. The quantitative estimate of drug-likeness (QED) is 0.863. The number of benzene rings is 1. The van der Waals surface area contributed by atoms with Gasteiger partial charge in [0, 0.05) is 18.3 Å². The second-order valence-corrected chi connectivity index (χ2v) is 5.03. The van der Waals surface area contributed by atoms with Crippen molar-refractivity contribution in [3.63, 3.8) is 0 Å². The Morgan fingerprint density at radius 2 is 2.20 bits per heavy atom. The maximum atomic E-state index is 12.2. The largest absolute Gasteiger partial charge is 0.493 e. The van der Waals surface area contributed by atoms with Crippen LogP contribution in [-0.4, -0.2) is 32.7 Å². The molecule has 2 N–H and O–H groups in total. The molecule has 5 heteroatoms. The highest BCUT2D eigenvalue weighted by Gasteiger charge is 2.29. The molecular weight excluding hydrogens is 256 g/mol. The summed E-state index contributed by atoms with van der Waals surface area (Å²) >= 11 is 0. The van der Waals surface area contributed by atoms with Crippen LogP contribution in [0.2, 0.25) is 0 Å². The van der Waals surface area contributed by atoms with Crippen LogP contribution in [0.5, 0.6) is 11.5 Å². The van der Waals surface area contributed by atoms with Gasteiger partial charge in [-0.25, -0.2) is 0 Å². The minimum Gasteiger partial charge on any atom is -0.493 e. The molecule has 2 rings (SSSR count). The third-order valence-corrected chi connectivity index (χ3v) is 3.59. The third-order valence-electron chi connectivity index (χ3n) is 3.59. The first-order valence-corrected chi connectivity index (χ1v) is 6.98. The van der Waals surface area contributed by atoms with E-state index in [1.54, 1.807) is 13.2 Å². The van der Waals surface area contributed by atoms with Crippen molar-refractivity contribution in [1.29, 1.82) is 0 Å². The van der Waals surface area contributed by atoms with Crippen molar-refractivity contribution in [2.45, 2.75) is 13.8 Å². The number of carbonyl (C=O) groups excluding carboxylic acids is 1. The molecule has 20 heavy (non-hydrogen) atoms. The summed E-state index contributed by atoms with van der Waals surface area (Å²) in [5.41, 5.74) is 0.731. The molecule has 0 saturated carbocycles. The van der Waals surface area contributed by atoms with Crippen molar-refractivity contribution < 1.29 is 14.3 Å². The Kier molecular flexibility index (Phi) is 4.84. The van der Waals surface area contributed by atoms with Crippen molar-refractivity contribution in [3.05, 3.63) is 18.2 Å². The van der Waals surface area contributed by atoms with E-state index in [1.165, 1.54) is 0 Å². The van der Waals surface area contributed by atoms with Gasteiger partial charge in [0.2, 0.25) is 5.91 Å². The van der Waals surface area contributed by atoms with Gasteiger partial charge in [-0.15, -0.1) is 0 Å². The Labute approximate surface area is 119 Å². The highest BCUT2D eigenvalue weighted by atomic mass is 16.5. The summed E-state index contributed by atoms with van der Waals surface area (Å²) in [5, 5.41) is 6.18. The monoisotopic (exact) mass is 278 g/mol. The van der Waals surface area contributed by atoms with E-state index in [2.05, 4.69) is 17.6 Å². The summed E-state index contributed by atoms with van der Waals surface area (Å²) in [4.78, 5) is 12.2. The van der Waals surface area contributed by atoms with Crippen LogP contribution in [0.25, 0.3) is 0 Å². The Bertz CT molecular complexity index is 476. The van der Waals surface area contributed by atoms with Gasteiger partial charge in [-0.05, 0) is 31.5 Å². The standard InChI is InChI=1S/C15H22N2O3/c1-4-20-13-6-5-11(7-14(13)19-3)17-15(18)12-9-16-8-10(12)2/h5-7,10,12,16H,4,8-9H2,1-3H3,(H,17,18)/t10-,12-/m1/s1. The van der Waals surface area contributed by atoms with E-state index in [0.29, 0.717) is 24.0 Å². The predicted octanol–water partition coefficient (Wildman–Crippen LogP) is 1.89. The van der Waals surface area contributed by atoms with E-state index >= 15 is 0 Å². The molecular formula is C15H22N2O3. The highest BCUT2D eigenvalue weighted by molar-refractivity contribution is 5.93. The lowest BCUT2D eigenvalue weighted by molar-refractivity contribution is -0.120. The molecule has 1 heterocycles. The molecule has 1 fully saturated rings. The molecule has 1 aliphatic heterocycles. The summed E-state index contributed by atoms with van der Waals surface area (Å²) in [5.74, 6) is 1.74.